The third-order valence-corrected chi connectivity index (χ3v) is 5.01. The Morgan fingerprint density at radius 2 is 1.61 bits per heavy atom. The minimum absolute atomic E-state index is 0.204. The second-order valence-electron chi connectivity index (χ2n) is 11.0. The van der Waals surface area contributed by atoms with E-state index in [0.717, 1.165) is 16.7 Å². The summed E-state index contributed by atoms with van der Waals surface area (Å²) in [7, 11) is 0. The standard InChI is InChI=1S/C26H43N3O4/c1-12-29(23(31)20(16(2)3)27-24(32)33-26(9,10)11)21(22(30)28-25(6,7)8)19-14-13-17(4)15-18(19)5/h13-16,20-21H,12H2,1-11H3,(H,27,32)(H,28,30). The number of likely N-dealkylation sites (N-methyl/N-ethyl adjacent to an activating group) is 1. The molecule has 33 heavy (non-hydrogen) atoms. The topological polar surface area (TPSA) is 87.7 Å². The van der Waals surface area contributed by atoms with E-state index >= 15 is 0 Å². The molecule has 0 aliphatic rings. The number of carbonyl (C=O) groups is 3. The fourth-order valence-corrected chi connectivity index (χ4v) is 3.61. The number of hydrogen-bond acceptors (Lipinski definition) is 4. The van der Waals surface area contributed by atoms with Crippen LogP contribution in [0.15, 0.2) is 18.2 Å². The van der Waals surface area contributed by atoms with E-state index in [0.29, 0.717) is 6.54 Å². The number of alkyl carbamates (subject to hydrolysis) is 1. The fourth-order valence-electron chi connectivity index (χ4n) is 3.61. The number of nitrogens with zero attached hydrogens (tertiary/aromatic N) is 1. The predicted molar refractivity (Wildman–Crippen MR) is 132 cm³/mol. The van der Waals surface area contributed by atoms with E-state index in [4.69, 9.17) is 4.74 Å². The largest absolute Gasteiger partial charge is 0.444 e. The van der Waals surface area contributed by atoms with E-state index in [2.05, 4.69) is 10.6 Å². The lowest BCUT2D eigenvalue weighted by Gasteiger charge is -2.36. The van der Waals surface area contributed by atoms with Crippen molar-refractivity contribution in [3.8, 4) is 0 Å². The van der Waals surface area contributed by atoms with Crippen LogP contribution in [0.2, 0.25) is 0 Å². The van der Waals surface area contributed by atoms with E-state index in [-0.39, 0.29) is 17.7 Å². The van der Waals surface area contributed by atoms with Crippen LogP contribution in [0.5, 0.6) is 0 Å². The van der Waals surface area contributed by atoms with Gasteiger partial charge >= 0.3 is 6.09 Å². The lowest BCUT2D eigenvalue weighted by atomic mass is 9.94. The maximum atomic E-state index is 13.8. The van der Waals surface area contributed by atoms with Crippen molar-refractivity contribution in [2.75, 3.05) is 6.54 Å². The van der Waals surface area contributed by atoms with Gasteiger partial charge in [-0.1, -0.05) is 37.6 Å². The average Bonchev–Trinajstić information content (AvgIpc) is 2.61. The fraction of sp³-hybridized carbons (Fsp3) is 0.654. The van der Waals surface area contributed by atoms with Gasteiger partial charge in [-0.15, -0.1) is 0 Å². The van der Waals surface area contributed by atoms with Gasteiger partial charge < -0.3 is 20.3 Å². The van der Waals surface area contributed by atoms with Crippen LogP contribution in [0, 0.1) is 19.8 Å². The van der Waals surface area contributed by atoms with Crippen LogP contribution in [0.4, 0.5) is 4.79 Å². The van der Waals surface area contributed by atoms with Gasteiger partial charge in [0.2, 0.25) is 11.8 Å². The highest BCUT2D eigenvalue weighted by molar-refractivity contribution is 5.92. The second-order valence-corrected chi connectivity index (χ2v) is 11.0. The SMILES string of the molecule is CCN(C(=O)C(NC(=O)OC(C)(C)C)C(C)C)C(C(=O)NC(C)(C)C)c1ccc(C)cc1C. The van der Waals surface area contributed by atoms with Gasteiger partial charge in [-0.25, -0.2) is 4.79 Å². The zero-order valence-electron chi connectivity index (χ0n) is 22.3. The smallest absolute Gasteiger partial charge is 0.408 e. The van der Waals surface area contributed by atoms with Crippen molar-refractivity contribution in [3.63, 3.8) is 0 Å². The summed E-state index contributed by atoms with van der Waals surface area (Å²) in [5.74, 6) is -0.790. The van der Waals surface area contributed by atoms with Crippen LogP contribution in [0.1, 0.15) is 85.0 Å². The summed E-state index contributed by atoms with van der Waals surface area (Å²) in [6, 6.07) is 4.18. The molecule has 1 rings (SSSR count). The summed E-state index contributed by atoms with van der Waals surface area (Å²) in [6.45, 7) is 20.8. The number of amides is 3. The Hall–Kier alpha value is -2.57. The molecule has 0 saturated carbocycles. The van der Waals surface area contributed by atoms with Gasteiger partial charge in [0.05, 0.1) is 0 Å². The van der Waals surface area contributed by atoms with Gasteiger partial charge in [-0.05, 0) is 79.4 Å². The first kappa shape index (κ1) is 28.5. The van der Waals surface area contributed by atoms with Crippen molar-refractivity contribution in [3.05, 3.63) is 34.9 Å². The Labute approximate surface area is 199 Å². The molecule has 0 aliphatic heterocycles. The molecule has 0 heterocycles. The molecule has 0 aliphatic carbocycles. The van der Waals surface area contributed by atoms with Crippen molar-refractivity contribution in [1.82, 2.24) is 15.5 Å². The van der Waals surface area contributed by atoms with Crippen LogP contribution in [-0.2, 0) is 14.3 Å². The van der Waals surface area contributed by atoms with Gasteiger partial charge in [-0.2, -0.15) is 0 Å². The summed E-state index contributed by atoms with van der Waals surface area (Å²) in [6.07, 6.45) is -0.659. The quantitative estimate of drug-likeness (QED) is 0.618. The Bertz CT molecular complexity index is 850. The predicted octanol–water partition coefficient (Wildman–Crippen LogP) is 4.66. The second kappa shape index (κ2) is 11.0. The molecule has 0 spiro atoms. The molecular weight excluding hydrogens is 418 g/mol. The number of benzene rings is 1. The first-order valence-electron chi connectivity index (χ1n) is 11.7. The maximum Gasteiger partial charge on any atom is 0.408 e. The zero-order valence-corrected chi connectivity index (χ0v) is 22.3. The highest BCUT2D eigenvalue weighted by atomic mass is 16.6. The molecule has 7 heteroatoms. The molecule has 0 saturated heterocycles. The summed E-state index contributed by atoms with van der Waals surface area (Å²) in [4.78, 5) is 41.2. The van der Waals surface area contributed by atoms with Crippen molar-refractivity contribution in [1.29, 1.82) is 0 Å². The lowest BCUT2D eigenvalue weighted by molar-refractivity contribution is -0.143. The lowest BCUT2D eigenvalue weighted by Crippen LogP contribution is -2.56. The third-order valence-electron chi connectivity index (χ3n) is 5.01. The third kappa shape index (κ3) is 8.71. The van der Waals surface area contributed by atoms with Crippen molar-refractivity contribution >= 4 is 17.9 Å². The van der Waals surface area contributed by atoms with E-state index < -0.39 is 29.3 Å². The van der Waals surface area contributed by atoms with Crippen LogP contribution >= 0.6 is 0 Å². The molecule has 7 nitrogen and oxygen atoms in total. The first-order valence-corrected chi connectivity index (χ1v) is 11.7. The number of ether oxygens (including phenoxy) is 1. The maximum absolute atomic E-state index is 13.8. The number of aryl methyl sites for hydroxylation is 2. The number of rotatable bonds is 7. The summed E-state index contributed by atoms with van der Waals surface area (Å²) in [5, 5.41) is 5.75. The molecule has 2 unspecified atom stereocenters. The summed E-state index contributed by atoms with van der Waals surface area (Å²) in [5.41, 5.74) is 1.61. The molecule has 0 bridgehead atoms. The Morgan fingerprint density at radius 1 is 1.03 bits per heavy atom. The van der Waals surface area contributed by atoms with Gasteiger partial charge in [0.1, 0.15) is 17.7 Å². The van der Waals surface area contributed by atoms with E-state index in [1.54, 1.807) is 25.7 Å². The number of nitrogens with one attached hydrogen (secondary N) is 2. The average molecular weight is 462 g/mol. The zero-order chi connectivity index (χ0) is 25.7. The van der Waals surface area contributed by atoms with Gasteiger partial charge in [0.25, 0.3) is 0 Å². The Morgan fingerprint density at radius 3 is 2.03 bits per heavy atom. The van der Waals surface area contributed by atoms with Crippen LogP contribution in [-0.4, -0.2) is 46.5 Å². The molecule has 186 valence electrons. The number of hydrogen-bond donors (Lipinski definition) is 2. The summed E-state index contributed by atoms with van der Waals surface area (Å²) >= 11 is 0. The molecule has 3 amide bonds. The number of carbonyl (C=O) groups excluding carboxylic acids is 3. The molecular formula is C26H43N3O4. The normalized spacial score (nSPS) is 13.8. The first-order chi connectivity index (χ1) is 15.0. The monoisotopic (exact) mass is 461 g/mol. The highest BCUT2D eigenvalue weighted by Crippen LogP contribution is 2.27. The van der Waals surface area contributed by atoms with E-state index in [1.807, 2.05) is 73.6 Å². The molecule has 2 atom stereocenters. The van der Waals surface area contributed by atoms with Gasteiger partial charge in [0.15, 0.2) is 0 Å². The molecule has 1 aromatic rings. The minimum atomic E-state index is -0.838. The Balaban J connectivity index is 3.44. The van der Waals surface area contributed by atoms with Crippen molar-refractivity contribution in [2.24, 2.45) is 5.92 Å². The molecule has 0 fully saturated rings. The molecule has 1 aromatic carbocycles. The molecule has 0 aromatic heterocycles. The molecule has 0 radical (unpaired) electrons. The van der Waals surface area contributed by atoms with Crippen LogP contribution in [0.25, 0.3) is 0 Å². The van der Waals surface area contributed by atoms with Crippen LogP contribution in [0.3, 0.4) is 0 Å². The van der Waals surface area contributed by atoms with Gasteiger partial charge in [-0.3, -0.25) is 9.59 Å². The van der Waals surface area contributed by atoms with E-state index in [9.17, 15) is 14.4 Å². The van der Waals surface area contributed by atoms with Crippen molar-refractivity contribution in [2.45, 2.75) is 99.4 Å². The van der Waals surface area contributed by atoms with Crippen molar-refractivity contribution < 1.29 is 19.1 Å². The van der Waals surface area contributed by atoms with E-state index in [1.165, 1.54) is 0 Å². The van der Waals surface area contributed by atoms with Crippen LogP contribution < -0.4 is 10.6 Å². The van der Waals surface area contributed by atoms with Gasteiger partial charge in [0, 0.05) is 12.1 Å². The Kier molecular flexibility index (Phi) is 9.52. The minimum Gasteiger partial charge on any atom is -0.444 e. The highest BCUT2D eigenvalue weighted by Gasteiger charge is 2.38. The summed E-state index contributed by atoms with van der Waals surface area (Å²) < 4.78 is 5.37. The molecule has 2 N–H and O–H groups in total.